The van der Waals surface area contributed by atoms with Crippen molar-refractivity contribution in [1.29, 1.82) is 0 Å². The Morgan fingerprint density at radius 1 is 1.11 bits per heavy atom. The van der Waals surface area contributed by atoms with Gasteiger partial charge in [0.2, 0.25) is 0 Å². The fraction of sp³-hybridized carbons (Fsp3) is 0.625. The van der Waals surface area contributed by atoms with Gasteiger partial charge < -0.3 is 14.7 Å². The molecule has 3 nitrogen and oxygen atoms in total. The van der Waals surface area contributed by atoms with Crippen molar-refractivity contribution in [2.24, 2.45) is 0 Å². The first-order valence-corrected chi connectivity index (χ1v) is 7.10. The first-order chi connectivity index (χ1) is 9.01. The smallest absolute Gasteiger partial charge is 0.119 e. The van der Waals surface area contributed by atoms with Crippen LogP contribution in [0.4, 0.5) is 0 Å². The van der Waals surface area contributed by atoms with Crippen LogP contribution in [0.1, 0.15) is 45.3 Å². The van der Waals surface area contributed by atoms with E-state index in [1.165, 1.54) is 0 Å². The highest BCUT2D eigenvalue weighted by Gasteiger charge is 2.37. The second kappa shape index (κ2) is 6.92. The third-order valence-electron chi connectivity index (χ3n) is 4.13. The Bertz CT molecular complexity index is 369. The molecule has 0 aromatic heterocycles. The molecular weight excluding hydrogens is 238 g/mol. The number of aliphatic hydroxyl groups is 1. The second-order valence-electron chi connectivity index (χ2n) is 5.11. The third kappa shape index (κ3) is 3.28. The molecule has 0 heterocycles. The fourth-order valence-corrected chi connectivity index (χ4v) is 2.74. The van der Waals surface area contributed by atoms with Crippen molar-refractivity contribution in [2.45, 2.75) is 45.3 Å². The SMILES string of the molecule is CCOc1ccc(C(O)C(CC)(CC)N(C)C)cc1. The van der Waals surface area contributed by atoms with Crippen molar-refractivity contribution >= 4 is 0 Å². The topological polar surface area (TPSA) is 32.7 Å². The van der Waals surface area contributed by atoms with Crippen molar-refractivity contribution in [3.8, 4) is 5.75 Å². The summed E-state index contributed by atoms with van der Waals surface area (Å²) < 4.78 is 5.43. The van der Waals surface area contributed by atoms with Crippen molar-refractivity contribution in [3.05, 3.63) is 29.8 Å². The van der Waals surface area contributed by atoms with Gasteiger partial charge in [0.05, 0.1) is 12.7 Å². The molecule has 0 saturated heterocycles. The molecule has 0 fully saturated rings. The maximum absolute atomic E-state index is 10.7. The largest absolute Gasteiger partial charge is 0.494 e. The Kier molecular flexibility index (Phi) is 5.83. The van der Waals surface area contributed by atoms with E-state index in [0.29, 0.717) is 6.61 Å². The predicted molar refractivity (Wildman–Crippen MR) is 79.6 cm³/mol. The van der Waals surface area contributed by atoms with Gasteiger partial charge in [0.1, 0.15) is 5.75 Å². The predicted octanol–water partition coefficient (Wildman–Crippen LogP) is 3.24. The number of aliphatic hydroxyl groups excluding tert-OH is 1. The molecule has 1 aromatic carbocycles. The Hall–Kier alpha value is -1.06. The molecular formula is C16H27NO2. The Morgan fingerprint density at radius 2 is 1.63 bits per heavy atom. The fourth-order valence-electron chi connectivity index (χ4n) is 2.74. The number of hydrogen-bond donors (Lipinski definition) is 1. The van der Waals surface area contributed by atoms with Gasteiger partial charge in [-0.2, -0.15) is 0 Å². The minimum absolute atomic E-state index is 0.215. The first kappa shape index (κ1) is 16.0. The van der Waals surface area contributed by atoms with Gasteiger partial charge in [-0.25, -0.2) is 0 Å². The summed E-state index contributed by atoms with van der Waals surface area (Å²) in [5.41, 5.74) is 0.730. The van der Waals surface area contributed by atoms with E-state index >= 15 is 0 Å². The van der Waals surface area contributed by atoms with E-state index in [4.69, 9.17) is 4.74 Å². The zero-order chi connectivity index (χ0) is 14.5. The second-order valence-corrected chi connectivity index (χ2v) is 5.11. The molecule has 0 spiro atoms. The minimum Gasteiger partial charge on any atom is -0.494 e. The maximum atomic E-state index is 10.7. The van der Waals surface area contributed by atoms with Gasteiger partial charge in [-0.15, -0.1) is 0 Å². The van der Waals surface area contributed by atoms with Crippen LogP contribution in [0.2, 0.25) is 0 Å². The van der Waals surface area contributed by atoms with E-state index in [0.717, 1.165) is 24.2 Å². The van der Waals surface area contributed by atoms with Crippen molar-refractivity contribution in [2.75, 3.05) is 20.7 Å². The summed E-state index contributed by atoms with van der Waals surface area (Å²) in [6, 6.07) is 7.76. The molecule has 0 saturated carbocycles. The van der Waals surface area contributed by atoms with Gasteiger partial charge in [0.25, 0.3) is 0 Å². The highest BCUT2D eigenvalue weighted by atomic mass is 16.5. The lowest BCUT2D eigenvalue weighted by molar-refractivity contribution is -0.0149. The highest BCUT2D eigenvalue weighted by Crippen LogP contribution is 2.36. The number of ether oxygens (including phenoxy) is 1. The zero-order valence-corrected chi connectivity index (χ0v) is 12.8. The molecule has 1 atom stereocenters. The molecule has 1 rings (SSSR count). The van der Waals surface area contributed by atoms with Gasteiger partial charge in [-0.05, 0) is 51.6 Å². The molecule has 3 heteroatoms. The molecule has 0 radical (unpaired) electrons. The lowest BCUT2D eigenvalue weighted by Crippen LogP contribution is -2.48. The number of hydrogen-bond acceptors (Lipinski definition) is 3. The van der Waals surface area contributed by atoms with E-state index in [2.05, 4.69) is 18.7 Å². The van der Waals surface area contributed by atoms with E-state index in [1.54, 1.807) is 0 Å². The molecule has 0 bridgehead atoms. The van der Waals surface area contributed by atoms with E-state index in [-0.39, 0.29) is 5.54 Å². The Morgan fingerprint density at radius 3 is 2.00 bits per heavy atom. The zero-order valence-electron chi connectivity index (χ0n) is 12.8. The first-order valence-electron chi connectivity index (χ1n) is 7.10. The molecule has 0 aliphatic carbocycles. The van der Waals surface area contributed by atoms with Gasteiger partial charge in [-0.3, -0.25) is 0 Å². The van der Waals surface area contributed by atoms with Crippen LogP contribution < -0.4 is 4.74 Å². The molecule has 19 heavy (non-hydrogen) atoms. The highest BCUT2D eigenvalue weighted by molar-refractivity contribution is 5.30. The van der Waals surface area contributed by atoms with Crippen LogP contribution in [0.3, 0.4) is 0 Å². The summed E-state index contributed by atoms with van der Waals surface area (Å²) >= 11 is 0. The maximum Gasteiger partial charge on any atom is 0.119 e. The molecule has 1 aromatic rings. The average Bonchev–Trinajstić information content (AvgIpc) is 2.41. The minimum atomic E-state index is -0.492. The molecule has 1 unspecified atom stereocenters. The van der Waals surface area contributed by atoms with Crippen LogP contribution in [-0.4, -0.2) is 36.2 Å². The number of rotatable bonds is 7. The Balaban J connectivity index is 2.99. The lowest BCUT2D eigenvalue weighted by Gasteiger charge is -2.42. The van der Waals surface area contributed by atoms with Gasteiger partial charge in [0.15, 0.2) is 0 Å². The van der Waals surface area contributed by atoms with Gasteiger partial charge >= 0.3 is 0 Å². The van der Waals surface area contributed by atoms with Crippen LogP contribution >= 0.6 is 0 Å². The van der Waals surface area contributed by atoms with Gasteiger partial charge in [0, 0.05) is 5.54 Å². The number of nitrogens with zero attached hydrogens (tertiary/aromatic N) is 1. The summed E-state index contributed by atoms with van der Waals surface area (Å²) in [4.78, 5) is 2.13. The summed E-state index contributed by atoms with van der Waals surface area (Å²) in [6.45, 7) is 6.88. The van der Waals surface area contributed by atoms with Crippen LogP contribution in [0.25, 0.3) is 0 Å². The molecule has 1 N–H and O–H groups in total. The monoisotopic (exact) mass is 265 g/mol. The molecule has 0 amide bonds. The van der Waals surface area contributed by atoms with Gasteiger partial charge in [-0.1, -0.05) is 26.0 Å². The van der Waals surface area contributed by atoms with Crippen LogP contribution in [0.15, 0.2) is 24.3 Å². The summed E-state index contributed by atoms with van der Waals surface area (Å²) in [5, 5.41) is 10.7. The number of likely N-dealkylation sites (N-methyl/N-ethyl adjacent to an activating group) is 1. The molecule has 0 aliphatic rings. The van der Waals surface area contributed by atoms with E-state index in [9.17, 15) is 5.11 Å². The summed E-state index contributed by atoms with van der Waals surface area (Å²) in [6.07, 6.45) is 1.32. The van der Waals surface area contributed by atoms with E-state index < -0.39 is 6.10 Å². The normalized spacial score (nSPS) is 13.6. The van der Waals surface area contributed by atoms with E-state index in [1.807, 2.05) is 45.3 Å². The summed E-state index contributed by atoms with van der Waals surface area (Å²) in [7, 11) is 4.07. The standard InChI is InChI=1S/C16H27NO2/c1-6-16(7-2,17(4)5)15(18)13-9-11-14(12-10-13)19-8-3/h9-12,15,18H,6-8H2,1-5H3. The van der Waals surface area contributed by atoms with Crippen LogP contribution in [0, 0.1) is 0 Å². The average molecular weight is 265 g/mol. The van der Waals surface area contributed by atoms with Crippen molar-refractivity contribution < 1.29 is 9.84 Å². The van der Waals surface area contributed by atoms with Crippen molar-refractivity contribution in [3.63, 3.8) is 0 Å². The Labute approximate surface area is 117 Å². The van der Waals surface area contributed by atoms with Crippen LogP contribution in [0.5, 0.6) is 5.75 Å². The quantitative estimate of drug-likeness (QED) is 0.821. The molecule has 0 aliphatic heterocycles. The number of benzene rings is 1. The van der Waals surface area contributed by atoms with Crippen molar-refractivity contribution in [1.82, 2.24) is 4.90 Å². The van der Waals surface area contributed by atoms with Crippen LogP contribution in [-0.2, 0) is 0 Å². The molecule has 108 valence electrons. The summed E-state index contributed by atoms with van der Waals surface area (Å²) in [5.74, 6) is 0.849. The lowest BCUT2D eigenvalue weighted by atomic mass is 9.81. The third-order valence-corrected chi connectivity index (χ3v) is 4.13.